The van der Waals surface area contributed by atoms with Crippen molar-refractivity contribution in [2.45, 2.75) is 13.3 Å². The van der Waals surface area contributed by atoms with E-state index < -0.39 is 18.4 Å². The zero-order chi connectivity index (χ0) is 20.1. The van der Waals surface area contributed by atoms with Gasteiger partial charge in [0.2, 0.25) is 0 Å². The maximum absolute atomic E-state index is 14.8. The van der Waals surface area contributed by atoms with Gasteiger partial charge < -0.3 is 10.0 Å². The van der Waals surface area contributed by atoms with Crippen molar-refractivity contribution in [2.75, 3.05) is 22.5 Å². The molecule has 0 fully saturated rings. The van der Waals surface area contributed by atoms with E-state index in [9.17, 15) is 13.6 Å². The molecule has 0 aliphatic carbocycles. The highest BCUT2D eigenvalue weighted by Crippen LogP contribution is 2.32. The summed E-state index contributed by atoms with van der Waals surface area (Å²) in [6, 6.07) is 8.07. The van der Waals surface area contributed by atoms with Crippen LogP contribution in [0.5, 0.6) is 0 Å². The van der Waals surface area contributed by atoms with Crippen LogP contribution in [0.1, 0.15) is 22.5 Å². The van der Waals surface area contributed by atoms with Gasteiger partial charge in [0.25, 0.3) is 5.91 Å². The molecule has 0 radical (unpaired) electrons. The first-order valence-electron chi connectivity index (χ1n) is 8.46. The van der Waals surface area contributed by atoms with Gasteiger partial charge in [0.1, 0.15) is 6.33 Å². The lowest BCUT2D eigenvalue weighted by Gasteiger charge is -2.13. The van der Waals surface area contributed by atoms with Gasteiger partial charge in [0, 0.05) is 16.8 Å². The second-order valence-corrected chi connectivity index (χ2v) is 7.20. The average molecular weight is 423 g/mol. The Labute approximate surface area is 170 Å². The molecule has 5 nitrogen and oxygen atoms in total. The molecule has 2 aromatic carbocycles. The number of amides is 1. The van der Waals surface area contributed by atoms with Crippen molar-refractivity contribution >= 4 is 51.7 Å². The number of nitrogens with zero attached hydrogens (tertiary/aromatic N) is 2. The predicted octanol–water partition coefficient (Wildman–Crippen LogP) is 5.40. The lowest BCUT2D eigenvalue weighted by molar-refractivity contribution is 0.102. The highest BCUT2D eigenvalue weighted by atomic mass is 35.5. The van der Waals surface area contributed by atoms with Gasteiger partial charge in [-0.2, -0.15) is 0 Å². The molecule has 3 aromatic rings. The number of carbonyl (C=O) groups is 1. The van der Waals surface area contributed by atoms with Gasteiger partial charge in [-0.25, -0.2) is 14.4 Å². The van der Waals surface area contributed by atoms with E-state index in [4.69, 9.17) is 11.6 Å². The standard InChI is InChI=1S/C19H17ClF2N4OS/c1-11-12-4-2-5-13(17(12)24-10-23-11)19(27)25-18-14(20)6-7-15(16(18)22)26-28-9-3-8-21/h2,4-7,10,26H,3,8-9H2,1H3,(H,25,27). The Morgan fingerprint density at radius 3 is 2.86 bits per heavy atom. The molecule has 0 aliphatic rings. The Morgan fingerprint density at radius 2 is 2.07 bits per heavy atom. The minimum atomic E-state index is -0.695. The Kier molecular flexibility index (Phi) is 6.64. The fourth-order valence-electron chi connectivity index (χ4n) is 2.58. The second-order valence-electron chi connectivity index (χ2n) is 5.89. The molecular formula is C19H17ClF2N4OS. The van der Waals surface area contributed by atoms with Gasteiger partial charge in [-0.3, -0.25) is 9.18 Å². The molecule has 2 N–H and O–H groups in total. The minimum Gasteiger partial charge on any atom is -0.327 e. The number of rotatable bonds is 7. The van der Waals surface area contributed by atoms with Gasteiger partial charge >= 0.3 is 0 Å². The molecule has 0 spiro atoms. The number of hydrogen-bond donors (Lipinski definition) is 2. The zero-order valence-corrected chi connectivity index (χ0v) is 16.5. The maximum atomic E-state index is 14.8. The highest BCUT2D eigenvalue weighted by Gasteiger charge is 2.18. The van der Waals surface area contributed by atoms with Crippen LogP contribution >= 0.6 is 23.5 Å². The Balaban J connectivity index is 1.87. The zero-order valence-electron chi connectivity index (χ0n) is 14.9. The van der Waals surface area contributed by atoms with Crippen LogP contribution < -0.4 is 10.0 Å². The summed E-state index contributed by atoms with van der Waals surface area (Å²) in [5, 5.41) is 3.34. The number of hydrogen-bond acceptors (Lipinski definition) is 5. The number of anilines is 2. The molecule has 146 valence electrons. The number of nitrogens with one attached hydrogen (secondary N) is 2. The van der Waals surface area contributed by atoms with Gasteiger partial charge in [-0.05, 0) is 31.5 Å². The molecule has 0 atom stereocenters. The third-order valence-corrected chi connectivity index (χ3v) is 5.17. The normalized spacial score (nSPS) is 10.9. The van der Waals surface area contributed by atoms with Crippen LogP contribution in [-0.4, -0.2) is 28.3 Å². The van der Waals surface area contributed by atoms with E-state index in [1.54, 1.807) is 12.1 Å². The molecule has 3 rings (SSSR count). The van der Waals surface area contributed by atoms with E-state index in [2.05, 4.69) is 20.0 Å². The van der Waals surface area contributed by atoms with E-state index in [0.29, 0.717) is 17.7 Å². The molecule has 1 heterocycles. The first-order valence-corrected chi connectivity index (χ1v) is 9.82. The molecule has 9 heteroatoms. The van der Waals surface area contributed by atoms with Crippen LogP contribution in [0.3, 0.4) is 0 Å². The number of fused-ring (bicyclic) bond motifs is 1. The number of halogens is 3. The van der Waals surface area contributed by atoms with E-state index >= 15 is 0 Å². The summed E-state index contributed by atoms with van der Waals surface area (Å²) in [6.45, 7) is 1.38. The number of para-hydroxylation sites is 1. The van der Waals surface area contributed by atoms with E-state index in [1.165, 1.54) is 30.4 Å². The minimum absolute atomic E-state index is 0.0659. The van der Waals surface area contributed by atoms with Gasteiger partial charge in [0.05, 0.1) is 34.2 Å². The molecule has 0 unspecified atom stereocenters. The monoisotopic (exact) mass is 422 g/mol. The number of aryl methyl sites for hydroxylation is 1. The van der Waals surface area contributed by atoms with Crippen LogP contribution in [0.15, 0.2) is 36.7 Å². The molecule has 28 heavy (non-hydrogen) atoms. The highest BCUT2D eigenvalue weighted by molar-refractivity contribution is 8.00. The summed E-state index contributed by atoms with van der Waals surface area (Å²) in [4.78, 5) is 21.1. The quantitative estimate of drug-likeness (QED) is 0.394. The molecule has 0 bridgehead atoms. The molecule has 1 aromatic heterocycles. The lowest BCUT2D eigenvalue weighted by atomic mass is 10.1. The molecule has 1 amide bonds. The van der Waals surface area contributed by atoms with Crippen LogP contribution in [0.4, 0.5) is 20.2 Å². The number of carbonyl (C=O) groups excluding carboxylic acids is 1. The maximum Gasteiger partial charge on any atom is 0.257 e. The van der Waals surface area contributed by atoms with Crippen molar-refractivity contribution in [3.8, 4) is 0 Å². The third-order valence-electron chi connectivity index (χ3n) is 4.00. The van der Waals surface area contributed by atoms with Crippen molar-refractivity contribution in [2.24, 2.45) is 0 Å². The largest absolute Gasteiger partial charge is 0.327 e. The Morgan fingerprint density at radius 1 is 1.25 bits per heavy atom. The molecule has 0 saturated carbocycles. The van der Waals surface area contributed by atoms with Crippen LogP contribution in [0.25, 0.3) is 10.9 Å². The first-order chi connectivity index (χ1) is 13.5. The van der Waals surface area contributed by atoms with Crippen LogP contribution in [-0.2, 0) is 0 Å². The van der Waals surface area contributed by atoms with Crippen molar-refractivity contribution in [1.82, 2.24) is 9.97 Å². The van der Waals surface area contributed by atoms with Crippen LogP contribution in [0.2, 0.25) is 5.02 Å². The lowest BCUT2D eigenvalue weighted by Crippen LogP contribution is -2.15. The van der Waals surface area contributed by atoms with Crippen molar-refractivity contribution < 1.29 is 13.6 Å². The summed E-state index contributed by atoms with van der Waals surface area (Å²) in [7, 11) is 0. The van der Waals surface area contributed by atoms with E-state index in [0.717, 1.165) is 11.1 Å². The van der Waals surface area contributed by atoms with Crippen molar-refractivity contribution in [3.05, 3.63) is 58.8 Å². The number of alkyl halides is 1. The molecule has 0 saturated heterocycles. The second kappa shape index (κ2) is 9.16. The van der Waals surface area contributed by atoms with Gasteiger partial charge in [-0.1, -0.05) is 35.7 Å². The number of aromatic nitrogens is 2. The SMILES string of the molecule is Cc1ncnc2c(C(=O)Nc3c(Cl)ccc(NSCCCF)c3F)cccc12. The van der Waals surface area contributed by atoms with Gasteiger partial charge in [0.15, 0.2) is 5.82 Å². The predicted molar refractivity (Wildman–Crippen MR) is 110 cm³/mol. The number of benzene rings is 2. The summed E-state index contributed by atoms with van der Waals surface area (Å²) in [6.07, 6.45) is 1.74. The average Bonchev–Trinajstić information content (AvgIpc) is 2.69. The summed E-state index contributed by atoms with van der Waals surface area (Å²) in [5.41, 5.74) is 1.51. The smallest absolute Gasteiger partial charge is 0.257 e. The van der Waals surface area contributed by atoms with E-state index in [-0.39, 0.29) is 22.0 Å². The van der Waals surface area contributed by atoms with Crippen molar-refractivity contribution in [3.63, 3.8) is 0 Å². The van der Waals surface area contributed by atoms with Crippen LogP contribution in [0, 0.1) is 12.7 Å². The molecule has 0 aliphatic heterocycles. The Hall–Kier alpha value is -2.45. The Bertz CT molecular complexity index is 1020. The summed E-state index contributed by atoms with van der Waals surface area (Å²) in [5.74, 6) is -0.749. The van der Waals surface area contributed by atoms with Crippen molar-refractivity contribution in [1.29, 1.82) is 0 Å². The molecular weight excluding hydrogens is 406 g/mol. The fraction of sp³-hybridized carbons (Fsp3) is 0.211. The summed E-state index contributed by atoms with van der Waals surface area (Å²) < 4.78 is 29.8. The van der Waals surface area contributed by atoms with E-state index in [1.807, 2.05) is 13.0 Å². The topological polar surface area (TPSA) is 66.9 Å². The summed E-state index contributed by atoms with van der Waals surface area (Å²) >= 11 is 7.27. The van der Waals surface area contributed by atoms with Gasteiger partial charge in [-0.15, -0.1) is 0 Å². The third kappa shape index (κ3) is 4.34. The first kappa shape index (κ1) is 20.3. The fourth-order valence-corrected chi connectivity index (χ4v) is 3.44.